The van der Waals surface area contributed by atoms with Gasteiger partial charge in [-0.05, 0) is 36.4 Å². The number of nitrogens with one attached hydrogen (secondary N) is 2. The summed E-state index contributed by atoms with van der Waals surface area (Å²) in [4.78, 5) is 22.9. The van der Waals surface area contributed by atoms with Crippen LogP contribution in [0.5, 0.6) is 5.75 Å². The Hall–Kier alpha value is -3.46. The molecule has 26 heavy (non-hydrogen) atoms. The molecule has 0 atom stereocenters. The number of aromatic nitrogens is 3. The lowest BCUT2D eigenvalue weighted by Gasteiger charge is -2.11. The van der Waals surface area contributed by atoms with Crippen LogP contribution < -0.4 is 15.4 Å². The van der Waals surface area contributed by atoms with E-state index >= 15 is 0 Å². The first-order valence-corrected chi connectivity index (χ1v) is 7.74. The van der Waals surface area contributed by atoms with Crippen LogP contribution in [-0.2, 0) is 0 Å². The molecule has 0 aliphatic carbocycles. The van der Waals surface area contributed by atoms with E-state index in [1.54, 1.807) is 43.5 Å². The monoisotopic (exact) mass is 372 g/mol. The number of pyridine rings is 1. The number of nitro groups is 1. The van der Waals surface area contributed by atoms with Crippen LogP contribution in [0.1, 0.15) is 0 Å². The summed E-state index contributed by atoms with van der Waals surface area (Å²) in [5.74, 6) is 0.704. The standard InChI is InChI=1S/C16H13ClN6O3/c1-26-11-6-4-10(5-7-11)21-15-13(23(24)25)16(20-9-19-15)22-12-3-2-8-18-14(12)17/h2-9H,1H3,(H2,19,20,21,22). The van der Waals surface area contributed by atoms with Gasteiger partial charge in [0.25, 0.3) is 0 Å². The van der Waals surface area contributed by atoms with Crippen molar-refractivity contribution in [1.82, 2.24) is 15.0 Å². The lowest BCUT2D eigenvalue weighted by Crippen LogP contribution is -2.06. The number of ether oxygens (including phenoxy) is 1. The molecule has 9 nitrogen and oxygen atoms in total. The summed E-state index contributed by atoms with van der Waals surface area (Å²) in [6.45, 7) is 0. The Morgan fingerprint density at radius 1 is 1.08 bits per heavy atom. The summed E-state index contributed by atoms with van der Waals surface area (Å²) < 4.78 is 5.09. The number of methoxy groups -OCH3 is 1. The molecular formula is C16H13ClN6O3. The Balaban J connectivity index is 1.95. The van der Waals surface area contributed by atoms with E-state index < -0.39 is 4.92 Å². The molecule has 2 heterocycles. The normalized spacial score (nSPS) is 10.2. The second-order valence-electron chi connectivity index (χ2n) is 5.00. The third kappa shape index (κ3) is 3.78. The number of anilines is 4. The molecule has 3 rings (SSSR count). The molecule has 0 unspecified atom stereocenters. The highest BCUT2D eigenvalue weighted by atomic mass is 35.5. The molecule has 0 saturated carbocycles. The first kappa shape index (κ1) is 17.4. The smallest absolute Gasteiger partial charge is 0.353 e. The lowest BCUT2D eigenvalue weighted by atomic mass is 10.3. The lowest BCUT2D eigenvalue weighted by molar-refractivity contribution is -0.383. The number of nitrogens with zero attached hydrogens (tertiary/aromatic N) is 4. The van der Waals surface area contributed by atoms with E-state index in [1.807, 2.05) is 0 Å². The second kappa shape index (κ2) is 7.62. The van der Waals surface area contributed by atoms with Gasteiger partial charge in [0.2, 0.25) is 11.6 Å². The molecule has 0 bridgehead atoms. The quantitative estimate of drug-likeness (QED) is 0.380. The van der Waals surface area contributed by atoms with Crippen molar-refractivity contribution >= 4 is 40.3 Å². The van der Waals surface area contributed by atoms with E-state index in [4.69, 9.17) is 16.3 Å². The number of rotatable bonds is 6. The first-order chi connectivity index (χ1) is 12.6. The third-order valence-electron chi connectivity index (χ3n) is 3.37. The van der Waals surface area contributed by atoms with Gasteiger partial charge >= 0.3 is 5.69 Å². The molecule has 0 spiro atoms. The SMILES string of the molecule is COc1ccc(Nc2ncnc(Nc3cccnc3Cl)c2[N+](=O)[O-])cc1. The van der Waals surface area contributed by atoms with Gasteiger partial charge in [-0.3, -0.25) is 10.1 Å². The minimum atomic E-state index is -0.571. The largest absolute Gasteiger partial charge is 0.497 e. The summed E-state index contributed by atoms with van der Waals surface area (Å²) in [6, 6.07) is 10.2. The molecule has 0 radical (unpaired) electrons. The summed E-state index contributed by atoms with van der Waals surface area (Å²) in [5.41, 5.74) is 0.688. The molecule has 0 amide bonds. The van der Waals surface area contributed by atoms with Gasteiger partial charge in [0.15, 0.2) is 5.15 Å². The third-order valence-corrected chi connectivity index (χ3v) is 3.67. The second-order valence-corrected chi connectivity index (χ2v) is 5.35. The van der Waals surface area contributed by atoms with Crippen molar-refractivity contribution in [3.8, 4) is 5.75 Å². The minimum absolute atomic E-state index is 0.00379. The van der Waals surface area contributed by atoms with E-state index in [9.17, 15) is 10.1 Å². The fourth-order valence-electron chi connectivity index (χ4n) is 2.15. The van der Waals surface area contributed by atoms with E-state index in [0.29, 0.717) is 17.1 Å². The van der Waals surface area contributed by atoms with Gasteiger partial charge in [0.05, 0.1) is 17.7 Å². The van der Waals surface area contributed by atoms with E-state index in [-0.39, 0.29) is 22.5 Å². The van der Waals surface area contributed by atoms with Gasteiger partial charge in [-0.1, -0.05) is 11.6 Å². The zero-order valence-corrected chi connectivity index (χ0v) is 14.3. The fourth-order valence-corrected chi connectivity index (χ4v) is 2.32. The molecule has 1 aromatic carbocycles. The molecule has 0 saturated heterocycles. The fraction of sp³-hybridized carbons (Fsp3) is 0.0625. The molecular weight excluding hydrogens is 360 g/mol. The zero-order chi connectivity index (χ0) is 18.5. The van der Waals surface area contributed by atoms with Crippen LogP contribution in [0.25, 0.3) is 0 Å². The van der Waals surface area contributed by atoms with E-state index in [2.05, 4.69) is 25.6 Å². The Labute approximate surface area is 153 Å². The maximum absolute atomic E-state index is 11.6. The van der Waals surface area contributed by atoms with Crippen molar-refractivity contribution in [2.24, 2.45) is 0 Å². The number of halogens is 1. The topological polar surface area (TPSA) is 115 Å². The highest BCUT2D eigenvalue weighted by molar-refractivity contribution is 6.32. The van der Waals surface area contributed by atoms with Gasteiger partial charge in [-0.25, -0.2) is 15.0 Å². The first-order valence-electron chi connectivity index (χ1n) is 7.36. The molecule has 10 heteroatoms. The van der Waals surface area contributed by atoms with Crippen molar-refractivity contribution in [3.05, 3.63) is 64.2 Å². The summed E-state index contributed by atoms with van der Waals surface area (Å²) >= 11 is 5.99. The zero-order valence-electron chi connectivity index (χ0n) is 13.5. The van der Waals surface area contributed by atoms with Crippen molar-refractivity contribution in [1.29, 1.82) is 0 Å². The average molecular weight is 373 g/mol. The number of benzene rings is 1. The van der Waals surface area contributed by atoms with Crippen LogP contribution in [0.4, 0.5) is 28.7 Å². The molecule has 0 fully saturated rings. The van der Waals surface area contributed by atoms with Gasteiger partial charge in [-0.15, -0.1) is 0 Å². The Kier molecular flexibility index (Phi) is 5.09. The maximum atomic E-state index is 11.6. The van der Waals surface area contributed by atoms with Crippen molar-refractivity contribution in [3.63, 3.8) is 0 Å². The summed E-state index contributed by atoms with van der Waals surface area (Å²) in [6.07, 6.45) is 2.73. The van der Waals surface area contributed by atoms with Gasteiger partial charge in [0.1, 0.15) is 12.1 Å². The van der Waals surface area contributed by atoms with E-state index in [1.165, 1.54) is 12.5 Å². The molecule has 0 aliphatic heterocycles. The molecule has 0 aliphatic rings. The van der Waals surface area contributed by atoms with Crippen molar-refractivity contribution in [2.45, 2.75) is 0 Å². The predicted octanol–water partition coefficient (Wildman–Crippen LogP) is 3.93. The van der Waals surface area contributed by atoms with Crippen molar-refractivity contribution < 1.29 is 9.66 Å². The number of hydrogen-bond donors (Lipinski definition) is 2. The predicted molar refractivity (Wildman–Crippen MR) is 97.5 cm³/mol. The van der Waals surface area contributed by atoms with Gasteiger partial charge in [0, 0.05) is 11.9 Å². The Bertz CT molecular complexity index is 936. The van der Waals surface area contributed by atoms with Crippen LogP contribution in [0.3, 0.4) is 0 Å². The van der Waals surface area contributed by atoms with Crippen LogP contribution in [0, 0.1) is 10.1 Å². The highest BCUT2D eigenvalue weighted by Crippen LogP contribution is 2.34. The molecule has 132 valence electrons. The van der Waals surface area contributed by atoms with Gasteiger partial charge in [-0.2, -0.15) is 0 Å². The minimum Gasteiger partial charge on any atom is -0.497 e. The summed E-state index contributed by atoms with van der Waals surface area (Å²) in [5, 5.41) is 17.5. The Morgan fingerprint density at radius 2 is 1.77 bits per heavy atom. The molecule has 2 N–H and O–H groups in total. The molecule has 3 aromatic rings. The van der Waals surface area contributed by atoms with Crippen LogP contribution in [0.15, 0.2) is 48.9 Å². The maximum Gasteiger partial charge on any atom is 0.353 e. The van der Waals surface area contributed by atoms with Crippen LogP contribution >= 0.6 is 11.6 Å². The Morgan fingerprint density at radius 3 is 2.38 bits per heavy atom. The average Bonchev–Trinajstić information content (AvgIpc) is 2.64. The number of hydrogen-bond acceptors (Lipinski definition) is 8. The van der Waals surface area contributed by atoms with E-state index in [0.717, 1.165) is 0 Å². The summed E-state index contributed by atoms with van der Waals surface area (Å²) in [7, 11) is 1.55. The van der Waals surface area contributed by atoms with Crippen molar-refractivity contribution in [2.75, 3.05) is 17.7 Å². The van der Waals surface area contributed by atoms with Crippen LogP contribution in [-0.4, -0.2) is 27.0 Å². The van der Waals surface area contributed by atoms with Crippen LogP contribution in [0.2, 0.25) is 5.15 Å². The molecule has 2 aromatic heterocycles. The highest BCUT2D eigenvalue weighted by Gasteiger charge is 2.24. The van der Waals surface area contributed by atoms with Gasteiger partial charge < -0.3 is 15.4 Å².